The molecule has 1 saturated carbocycles. The van der Waals surface area contributed by atoms with E-state index in [1.807, 2.05) is 28.8 Å². The van der Waals surface area contributed by atoms with E-state index in [0.717, 1.165) is 42.1 Å². The molecule has 2 atom stereocenters. The highest BCUT2D eigenvalue weighted by molar-refractivity contribution is 7.99. The van der Waals surface area contributed by atoms with Gasteiger partial charge in [-0.05, 0) is 36.6 Å². The van der Waals surface area contributed by atoms with Crippen LogP contribution in [0.1, 0.15) is 32.1 Å². The minimum absolute atomic E-state index is 0.0398. The van der Waals surface area contributed by atoms with E-state index < -0.39 is 6.04 Å². The second-order valence-electron chi connectivity index (χ2n) is 8.89. The zero-order valence-corrected chi connectivity index (χ0v) is 20.3. The summed E-state index contributed by atoms with van der Waals surface area (Å²) in [6.45, 7) is 2.95. The summed E-state index contributed by atoms with van der Waals surface area (Å²) in [5, 5.41) is 6.31. The van der Waals surface area contributed by atoms with Gasteiger partial charge in [0, 0.05) is 61.6 Å². The largest absolute Gasteiger partial charge is 0.368 e. The Balaban J connectivity index is 1.32. The van der Waals surface area contributed by atoms with Gasteiger partial charge in [0.15, 0.2) is 0 Å². The standard InChI is InChI=1S/C23H35N5O2S2/c29-22(20-15-32-17-25-20)26-21(16-31-14-18-4-2-1-3-5-18)23(30)28-12-10-27(11-13-28)19-6-8-24-9-7-19/h6-9,18,20-21,25H,1-5,10-17H2,(H,26,29)/t20-,21-/m0/s1. The number of nitrogens with one attached hydrogen (secondary N) is 2. The Labute approximate surface area is 199 Å². The minimum Gasteiger partial charge on any atom is -0.368 e. The van der Waals surface area contributed by atoms with Crippen LogP contribution in [0.3, 0.4) is 0 Å². The fourth-order valence-electron chi connectivity index (χ4n) is 4.68. The smallest absolute Gasteiger partial charge is 0.246 e. The van der Waals surface area contributed by atoms with E-state index in [1.54, 1.807) is 24.2 Å². The maximum absolute atomic E-state index is 13.4. The zero-order valence-electron chi connectivity index (χ0n) is 18.7. The van der Waals surface area contributed by atoms with Crippen molar-refractivity contribution in [2.24, 2.45) is 5.92 Å². The molecular formula is C23H35N5O2S2. The van der Waals surface area contributed by atoms with Gasteiger partial charge >= 0.3 is 0 Å². The first-order chi connectivity index (χ1) is 15.7. The summed E-state index contributed by atoms with van der Waals surface area (Å²) in [5.74, 6) is 4.10. The van der Waals surface area contributed by atoms with Crippen molar-refractivity contribution in [2.45, 2.75) is 44.2 Å². The first kappa shape index (κ1) is 23.7. The third-order valence-corrected chi connectivity index (χ3v) is 8.85. The third-order valence-electron chi connectivity index (χ3n) is 6.63. The molecule has 1 aliphatic carbocycles. The quantitative estimate of drug-likeness (QED) is 0.594. The van der Waals surface area contributed by atoms with Crippen LogP contribution in [0, 0.1) is 5.92 Å². The van der Waals surface area contributed by atoms with Crippen LogP contribution in [-0.4, -0.2) is 83.1 Å². The Bertz CT molecular complexity index is 733. The van der Waals surface area contributed by atoms with Gasteiger partial charge in [0.25, 0.3) is 0 Å². The highest BCUT2D eigenvalue weighted by Crippen LogP contribution is 2.27. The lowest BCUT2D eigenvalue weighted by molar-refractivity contribution is -0.136. The van der Waals surface area contributed by atoms with Crippen molar-refractivity contribution < 1.29 is 9.59 Å². The van der Waals surface area contributed by atoms with Gasteiger partial charge in [-0.25, -0.2) is 0 Å². The van der Waals surface area contributed by atoms with Crippen LogP contribution >= 0.6 is 23.5 Å². The molecule has 0 radical (unpaired) electrons. The normalized spacial score (nSPS) is 23.2. The van der Waals surface area contributed by atoms with Crippen molar-refractivity contribution in [3.8, 4) is 0 Å². The van der Waals surface area contributed by atoms with Crippen molar-refractivity contribution in [2.75, 3.05) is 54.2 Å². The molecule has 1 aromatic rings. The third kappa shape index (κ3) is 6.54. The SMILES string of the molecule is O=C(N[C@@H](CSCC1CCCCC1)C(=O)N1CCN(c2ccncc2)CC1)[C@@H]1CSCN1. The fourth-order valence-corrected chi connectivity index (χ4v) is 6.88. The number of pyridine rings is 1. The van der Waals surface area contributed by atoms with E-state index in [2.05, 4.69) is 20.5 Å². The molecule has 3 heterocycles. The Morgan fingerprint density at radius 3 is 2.59 bits per heavy atom. The minimum atomic E-state index is -0.448. The molecule has 0 aromatic carbocycles. The number of anilines is 1. The molecule has 3 aliphatic rings. The molecule has 2 amide bonds. The molecule has 0 spiro atoms. The molecule has 2 aliphatic heterocycles. The van der Waals surface area contributed by atoms with Crippen molar-refractivity contribution in [3.63, 3.8) is 0 Å². The van der Waals surface area contributed by atoms with Crippen LogP contribution in [0.5, 0.6) is 0 Å². The van der Waals surface area contributed by atoms with E-state index in [1.165, 1.54) is 32.1 Å². The van der Waals surface area contributed by atoms with Crippen molar-refractivity contribution in [3.05, 3.63) is 24.5 Å². The summed E-state index contributed by atoms with van der Waals surface area (Å²) >= 11 is 3.56. The van der Waals surface area contributed by atoms with E-state index in [0.29, 0.717) is 18.8 Å². The molecule has 176 valence electrons. The van der Waals surface area contributed by atoms with Crippen LogP contribution in [0.2, 0.25) is 0 Å². The van der Waals surface area contributed by atoms with E-state index >= 15 is 0 Å². The van der Waals surface area contributed by atoms with Gasteiger partial charge in [-0.15, -0.1) is 11.8 Å². The van der Waals surface area contributed by atoms with Crippen molar-refractivity contribution in [1.29, 1.82) is 0 Å². The van der Waals surface area contributed by atoms with Gasteiger partial charge in [-0.1, -0.05) is 19.3 Å². The predicted octanol–water partition coefficient (Wildman–Crippen LogP) is 2.19. The molecule has 9 heteroatoms. The maximum atomic E-state index is 13.4. The average molecular weight is 478 g/mol. The molecule has 2 N–H and O–H groups in total. The van der Waals surface area contributed by atoms with Crippen molar-refractivity contribution in [1.82, 2.24) is 20.5 Å². The molecule has 1 aromatic heterocycles. The molecular weight excluding hydrogens is 442 g/mol. The molecule has 7 nitrogen and oxygen atoms in total. The number of piperazine rings is 1. The Morgan fingerprint density at radius 1 is 1.16 bits per heavy atom. The van der Waals surface area contributed by atoms with E-state index in [4.69, 9.17) is 0 Å². The molecule has 2 saturated heterocycles. The number of rotatable bonds is 8. The maximum Gasteiger partial charge on any atom is 0.246 e. The van der Waals surface area contributed by atoms with E-state index in [9.17, 15) is 9.59 Å². The molecule has 0 bridgehead atoms. The number of thioether (sulfide) groups is 2. The highest BCUT2D eigenvalue weighted by atomic mass is 32.2. The molecule has 4 rings (SSSR count). The van der Waals surface area contributed by atoms with Crippen LogP contribution in [0.15, 0.2) is 24.5 Å². The predicted molar refractivity (Wildman–Crippen MR) is 133 cm³/mol. The van der Waals surface area contributed by atoms with Crippen molar-refractivity contribution >= 4 is 41.0 Å². The Morgan fingerprint density at radius 2 is 1.91 bits per heavy atom. The summed E-state index contributed by atoms with van der Waals surface area (Å²) in [6.07, 6.45) is 10.2. The molecule has 3 fully saturated rings. The van der Waals surface area contributed by atoms with Crippen LogP contribution < -0.4 is 15.5 Å². The Kier molecular flexibility index (Phi) is 8.99. The summed E-state index contributed by atoms with van der Waals surface area (Å²) < 4.78 is 0. The summed E-state index contributed by atoms with van der Waals surface area (Å²) in [5.41, 5.74) is 1.14. The fraction of sp³-hybridized carbons (Fsp3) is 0.696. The second-order valence-corrected chi connectivity index (χ2v) is 11.0. The zero-order chi connectivity index (χ0) is 22.2. The van der Waals surface area contributed by atoms with Crippen LogP contribution in [0.4, 0.5) is 5.69 Å². The van der Waals surface area contributed by atoms with Gasteiger partial charge in [0.1, 0.15) is 6.04 Å². The van der Waals surface area contributed by atoms with Gasteiger partial charge in [0.2, 0.25) is 11.8 Å². The number of hydrogen-bond donors (Lipinski definition) is 2. The molecule has 0 unspecified atom stereocenters. The van der Waals surface area contributed by atoms with Crippen LogP contribution in [0.25, 0.3) is 0 Å². The van der Waals surface area contributed by atoms with Gasteiger partial charge < -0.3 is 15.1 Å². The topological polar surface area (TPSA) is 77.6 Å². The monoisotopic (exact) mass is 477 g/mol. The summed E-state index contributed by atoms with van der Waals surface area (Å²) in [6, 6.07) is 3.38. The summed E-state index contributed by atoms with van der Waals surface area (Å²) in [4.78, 5) is 34.5. The lowest BCUT2D eigenvalue weighted by Gasteiger charge is -2.37. The van der Waals surface area contributed by atoms with Gasteiger partial charge in [0.05, 0.1) is 6.04 Å². The number of carbonyl (C=O) groups is 2. The van der Waals surface area contributed by atoms with Gasteiger partial charge in [-0.2, -0.15) is 11.8 Å². The second kappa shape index (κ2) is 12.1. The Hall–Kier alpha value is -1.45. The highest BCUT2D eigenvalue weighted by Gasteiger charge is 2.32. The lowest BCUT2D eigenvalue weighted by Crippen LogP contribution is -2.57. The first-order valence-electron chi connectivity index (χ1n) is 11.8. The number of nitrogens with zero attached hydrogens (tertiary/aromatic N) is 3. The number of amides is 2. The molecule has 32 heavy (non-hydrogen) atoms. The number of hydrogen-bond acceptors (Lipinski definition) is 7. The number of carbonyl (C=O) groups excluding carboxylic acids is 2. The van der Waals surface area contributed by atoms with Gasteiger partial charge in [-0.3, -0.25) is 19.9 Å². The van der Waals surface area contributed by atoms with Crippen LogP contribution in [-0.2, 0) is 9.59 Å². The average Bonchev–Trinajstić information content (AvgIpc) is 3.40. The summed E-state index contributed by atoms with van der Waals surface area (Å²) in [7, 11) is 0. The van der Waals surface area contributed by atoms with E-state index in [-0.39, 0.29) is 17.9 Å². The lowest BCUT2D eigenvalue weighted by atomic mass is 9.91. The first-order valence-corrected chi connectivity index (χ1v) is 14.1. The number of aromatic nitrogens is 1.